The maximum absolute atomic E-state index is 6.49. The molecule has 0 unspecified atom stereocenters. The zero-order valence-electron chi connectivity index (χ0n) is 35.6. The smallest absolute Gasteiger partial charge is 0.138 e. The molecule has 1 heterocycles. The Morgan fingerprint density at radius 3 is 1.31 bits per heavy atom. The molecule has 0 N–H and O–H groups in total. The number of rotatable bonds is 4. The molecule has 2 nitrogen and oxygen atoms in total. The van der Waals surface area contributed by atoms with Crippen LogP contribution in [-0.4, -0.2) is 25.4 Å². The van der Waals surface area contributed by atoms with Crippen LogP contribution in [0, 0.1) is 52.3 Å². The second kappa shape index (κ2) is 14.3. The minimum atomic E-state index is -0.726. The summed E-state index contributed by atoms with van der Waals surface area (Å²) >= 11 is 3.65. The minimum absolute atomic E-state index is 0.261. The summed E-state index contributed by atoms with van der Waals surface area (Å²) in [4.78, 5) is 1.23. The van der Waals surface area contributed by atoms with E-state index in [1.54, 1.807) is 0 Å². The summed E-state index contributed by atoms with van der Waals surface area (Å²) in [6.45, 7) is 28.9. The molecule has 4 heteroatoms. The average Bonchev–Trinajstić information content (AvgIpc) is 3.47. The summed E-state index contributed by atoms with van der Waals surface area (Å²) in [6, 6.07) is 29.0. The van der Waals surface area contributed by atoms with Crippen molar-refractivity contribution >= 4 is 65.5 Å². The van der Waals surface area contributed by atoms with Gasteiger partial charge in [-0.2, -0.15) is 0 Å². The number of hydrogen-bond donors (Lipinski definition) is 0. The highest BCUT2D eigenvalue weighted by Gasteiger charge is 2.51. The lowest BCUT2D eigenvalue weighted by molar-refractivity contribution is -0.116. The number of fused-ring (bicyclic) bond motifs is 4. The van der Waals surface area contributed by atoms with E-state index in [2.05, 4.69) is 193 Å². The summed E-state index contributed by atoms with van der Waals surface area (Å²) in [5.74, 6) is 15.2. The molecule has 1 aromatic heterocycles. The lowest BCUT2D eigenvalue weighted by Gasteiger charge is -2.48. The molecule has 0 radical (unpaired) electrons. The van der Waals surface area contributed by atoms with E-state index >= 15 is 0 Å². The molecule has 0 atom stereocenters. The van der Waals surface area contributed by atoms with Gasteiger partial charge in [0.25, 0.3) is 0 Å². The first kappa shape index (κ1) is 40.9. The molecule has 5 aromatic carbocycles. The second-order valence-electron chi connectivity index (χ2n) is 19.2. The summed E-state index contributed by atoms with van der Waals surface area (Å²) in [5.41, 5.74) is 0.773. The third-order valence-electron chi connectivity index (χ3n) is 11.4. The van der Waals surface area contributed by atoms with Gasteiger partial charge in [-0.15, -0.1) is 11.3 Å². The van der Waals surface area contributed by atoms with E-state index < -0.39 is 11.2 Å². The average molecular weight is 767 g/mol. The molecule has 0 saturated heterocycles. The van der Waals surface area contributed by atoms with Crippen molar-refractivity contribution in [1.29, 1.82) is 0 Å². The molecule has 0 aliphatic heterocycles. The monoisotopic (exact) mass is 766 g/mol. The number of benzene rings is 5. The molecular formula is C51H58O2S2. The van der Waals surface area contributed by atoms with Crippen LogP contribution in [0.2, 0.25) is 0 Å². The van der Waals surface area contributed by atoms with Crippen LogP contribution in [0.4, 0.5) is 0 Å². The van der Waals surface area contributed by atoms with E-state index in [9.17, 15) is 0 Å². The van der Waals surface area contributed by atoms with E-state index in [0.29, 0.717) is 0 Å². The quantitative estimate of drug-likeness (QED) is 0.131. The van der Waals surface area contributed by atoms with Crippen LogP contribution >= 0.6 is 23.1 Å². The van der Waals surface area contributed by atoms with Crippen molar-refractivity contribution < 1.29 is 9.47 Å². The highest BCUT2D eigenvalue weighted by Crippen LogP contribution is 2.49. The topological polar surface area (TPSA) is 18.5 Å². The van der Waals surface area contributed by atoms with Crippen molar-refractivity contribution in [2.24, 2.45) is 21.7 Å². The van der Waals surface area contributed by atoms with Crippen LogP contribution in [-0.2, 0) is 9.47 Å². The third-order valence-corrected chi connectivity index (χ3v) is 13.6. The van der Waals surface area contributed by atoms with Crippen LogP contribution in [0.25, 0.3) is 42.4 Å². The largest absolute Gasteiger partial charge is 0.364 e. The Hall–Kier alpha value is -3.77. The summed E-state index contributed by atoms with van der Waals surface area (Å²) in [6.07, 6.45) is 0. The minimum Gasteiger partial charge on any atom is -0.364 e. The molecule has 0 aliphatic rings. The van der Waals surface area contributed by atoms with E-state index in [0.717, 1.165) is 32.7 Å². The first-order valence-corrected chi connectivity index (χ1v) is 21.0. The van der Waals surface area contributed by atoms with Crippen molar-refractivity contribution in [3.8, 4) is 23.7 Å². The zero-order chi connectivity index (χ0) is 40.4. The molecular weight excluding hydrogens is 709 g/mol. The molecule has 55 heavy (non-hydrogen) atoms. The molecule has 286 valence electrons. The summed E-state index contributed by atoms with van der Waals surface area (Å²) < 4.78 is 15.4. The Morgan fingerprint density at radius 2 is 0.909 bits per heavy atom. The molecule has 6 aromatic rings. The third kappa shape index (κ3) is 7.22. The standard InChI is InChI=1S/C51H58O2S2/c1-33-20-22-37(23-21-33)54-45-31-36-30-42-38(24-26-50(52-14,46(2,3)4)47(5,6)7)40-28-34-18-16-17-19-35(34)29-41(40)39(43(42)32-44(36)55-45)25-27-51(53-15,48(8,9)10)49(11,12)13/h16-23,28-32H,1-15H3. The first-order valence-electron chi connectivity index (χ1n) is 19.3. The first-order chi connectivity index (χ1) is 25.6. The van der Waals surface area contributed by atoms with Gasteiger partial charge in [0.2, 0.25) is 0 Å². The molecule has 0 spiro atoms. The molecule has 0 aliphatic carbocycles. The van der Waals surface area contributed by atoms with Crippen molar-refractivity contribution in [2.75, 3.05) is 14.2 Å². The van der Waals surface area contributed by atoms with Gasteiger partial charge >= 0.3 is 0 Å². The maximum Gasteiger partial charge on any atom is 0.138 e. The van der Waals surface area contributed by atoms with Gasteiger partial charge in [-0.25, -0.2) is 0 Å². The molecule has 0 saturated carbocycles. The number of hydrogen-bond acceptors (Lipinski definition) is 4. The summed E-state index contributed by atoms with van der Waals surface area (Å²) in [5, 5.41) is 7.93. The fourth-order valence-corrected chi connectivity index (χ4v) is 11.3. The van der Waals surface area contributed by atoms with E-state index in [4.69, 9.17) is 9.47 Å². The molecule has 0 bridgehead atoms. The van der Waals surface area contributed by atoms with E-state index in [1.807, 2.05) is 37.3 Å². The number of thiophene rings is 1. The van der Waals surface area contributed by atoms with Gasteiger partial charge in [-0.1, -0.05) is 160 Å². The van der Waals surface area contributed by atoms with Crippen LogP contribution in [0.1, 0.15) is 99.8 Å². The van der Waals surface area contributed by atoms with Crippen molar-refractivity contribution in [2.45, 2.75) is 110 Å². The fourth-order valence-electron chi connectivity index (χ4n) is 9.09. The SMILES string of the molecule is COC(C#Cc1c2cc3ccccc3cc2c(C#CC(OC)(C(C)(C)C)C(C)(C)C)c2cc3sc(Sc4ccc(C)cc4)cc3cc12)(C(C)(C)C)C(C)(C)C. The number of aryl methyl sites for hydroxylation is 1. The van der Waals surface area contributed by atoms with Crippen molar-refractivity contribution in [3.05, 3.63) is 95.6 Å². The normalized spacial score (nSPS) is 13.3. The number of methoxy groups -OCH3 is 2. The van der Waals surface area contributed by atoms with Gasteiger partial charge in [-0.05, 0) is 81.7 Å². The van der Waals surface area contributed by atoms with Crippen molar-refractivity contribution in [3.63, 3.8) is 0 Å². The van der Waals surface area contributed by atoms with Crippen LogP contribution in [0.15, 0.2) is 88.0 Å². The van der Waals surface area contributed by atoms with E-state index in [1.165, 1.54) is 35.5 Å². The predicted octanol–water partition coefficient (Wildman–Crippen LogP) is 14.5. The fraction of sp³-hybridized carbons (Fsp3) is 0.412. The molecule has 0 amide bonds. The summed E-state index contributed by atoms with van der Waals surface area (Å²) in [7, 11) is 3.62. The Labute approximate surface area is 338 Å². The van der Waals surface area contributed by atoms with Gasteiger partial charge in [-0.3, -0.25) is 0 Å². The van der Waals surface area contributed by atoms with Crippen LogP contribution in [0.3, 0.4) is 0 Å². The predicted molar refractivity (Wildman–Crippen MR) is 241 cm³/mol. The van der Waals surface area contributed by atoms with Gasteiger partial charge < -0.3 is 9.47 Å². The Balaban J connectivity index is 1.79. The lowest BCUT2D eigenvalue weighted by Crippen LogP contribution is -2.53. The van der Waals surface area contributed by atoms with Gasteiger partial charge in [0.05, 0.1) is 4.21 Å². The lowest BCUT2D eigenvalue weighted by atomic mass is 9.62. The maximum atomic E-state index is 6.49. The Morgan fingerprint density at radius 1 is 0.509 bits per heavy atom. The van der Waals surface area contributed by atoms with Crippen molar-refractivity contribution in [1.82, 2.24) is 0 Å². The van der Waals surface area contributed by atoms with Gasteiger partial charge in [0.1, 0.15) is 11.2 Å². The highest BCUT2D eigenvalue weighted by atomic mass is 32.2. The van der Waals surface area contributed by atoms with E-state index in [-0.39, 0.29) is 21.7 Å². The number of ether oxygens (including phenoxy) is 2. The highest BCUT2D eigenvalue weighted by molar-refractivity contribution is 8.01. The van der Waals surface area contributed by atoms with Gasteiger partial charge in [0, 0.05) is 62.0 Å². The van der Waals surface area contributed by atoms with Crippen LogP contribution < -0.4 is 0 Å². The van der Waals surface area contributed by atoms with Crippen LogP contribution in [0.5, 0.6) is 0 Å². The Kier molecular flexibility index (Phi) is 10.6. The zero-order valence-corrected chi connectivity index (χ0v) is 37.3. The molecule has 6 rings (SSSR count). The van der Waals surface area contributed by atoms with Gasteiger partial charge in [0.15, 0.2) is 0 Å². The molecule has 0 fully saturated rings. The Bertz CT molecular complexity index is 2350. The second-order valence-corrected chi connectivity index (χ2v) is 21.6.